The number of fused-ring (bicyclic) bond motifs is 3. The third-order valence-corrected chi connectivity index (χ3v) is 5.55. The number of rotatable bonds is 2. The van der Waals surface area contributed by atoms with E-state index in [0.29, 0.717) is 6.04 Å². The van der Waals surface area contributed by atoms with Gasteiger partial charge in [-0.3, -0.25) is 0 Å². The van der Waals surface area contributed by atoms with Crippen molar-refractivity contribution in [3.8, 4) is 11.1 Å². The molecule has 0 aromatic heterocycles. The highest BCUT2D eigenvalue weighted by molar-refractivity contribution is 5.86. The number of aryl methyl sites for hydroxylation is 1. The summed E-state index contributed by atoms with van der Waals surface area (Å²) in [5, 5.41) is 0. The lowest BCUT2D eigenvalue weighted by atomic mass is 9.67. The zero-order chi connectivity index (χ0) is 22.4. The first-order chi connectivity index (χ1) is 15.2. The Labute approximate surface area is 183 Å². The molecule has 0 N–H and O–H groups in total. The lowest BCUT2D eigenvalue weighted by Crippen LogP contribution is -2.28. The third-order valence-electron chi connectivity index (χ3n) is 5.55. The van der Waals surface area contributed by atoms with Crippen molar-refractivity contribution < 1.29 is 1.37 Å². The molecule has 30 heavy (non-hydrogen) atoms. The average molecular weight is 394 g/mol. The van der Waals surface area contributed by atoms with Crippen LogP contribution in [0.5, 0.6) is 0 Å². The van der Waals surface area contributed by atoms with E-state index in [2.05, 4.69) is 91.9 Å². The Hall–Kier alpha value is -3.12. The Morgan fingerprint density at radius 1 is 0.567 bits per heavy atom. The molecule has 0 aliphatic heterocycles. The van der Waals surface area contributed by atoms with Crippen LogP contribution in [0.15, 0.2) is 103 Å². The van der Waals surface area contributed by atoms with Gasteiger partial charge in [0, 0.05) is 0 Å². The van der Waals surface area contributed by atoms with E-state index in [0.717, 1.165) is 0 Å². The van der Waals surface area contributed by atoms with Crippen molar-refractivity contribution in [2.45, 2.75) is 40.0 Å². The van der Waals surface area contributed by atoms with Crippen LogP contribution in [0.25, 0.3) is 11.1 Å². The minimum atomic E-state index is -0.393. The summed E-state index contributed by atoms with van der Waals surface area (Å²) >= 11 is 0. The summed E-state index contributed by atoms with van der Waals surface area (Å²) in [6.45, 7) is 10.2. The molecule has 1 aliphatic carbocycles. The van der Waals surface area contributed by atoms with Crippen LogP contribution in [0.4, 0.5) is 0 Å². The predicted molar refractivity (Wildman–Crippen MR) is 131 cm³/mol. The smallest absolute Gasteiger partial charge is 0.0683 e. The summed E-state index contributed by atoms with van der Waals surface area (Å²) < 4.78 is 8.31. The van der Waals surface area contributed by atoms with Crippen molar-refractivity contribution in [1.82, 2.24) is 0 Å². The topological polar surface area (TPSA) is 0 Å². The molecule has 4 aromatic carbocycles. The monoisotopic (exact) mass is 393 g/mol. The van der Waals surface area contributed by atoms with Crippen molar-refractivity contribution in [3.63, 3.8) is 0 Å². The van der Waals surface area contributed by atoms with Crippen LogP contribution in [0.2, 0.25) is 0 Å². The Morgan fingerprint density at radius 3 is 1.67 bits per heavy atom. The van der Waals surface area contributed by atoms with E-state index >= 15 is 0 Å². The molecule has 1 aliphatic rings. The van der Waals surface area contributed by atoms with Crippen LogP contribution in [0.1, 0.15) is 56.9 Å². The fourth-order valence-corrected chi connectivity index (χ4v) is 4.49. The van der Waals surface area contributed by atoms with Gasteiger partial charge in [-0.15, -0.1) is 0 Å². The summed E-state index contributed by atoms with van der Waals surface area (Å²) in [4.78, 5) is 0. The van der Waals surface area contributed by atoms with Crippen LogP contribution in [0, 0.1) is 6.92 Å². The molecule has 0 saturated carbocycles. The molecule has 5 rings (SSSR count). The van der Waals surface area contributed by atoms with E-state index < -0.39 is 5.41 Å². The van der Waals surface area contributed by atoms with Crippen LogP contribution >= 0.6 is 0 Å². The van der Waals surface area contributed by atoms with E-state index in [1.165, 1.54) is 38.9 Å². The quantitative estimate of drug-likeness (QED) is 0.282. The van der Waals surface area contributed by atoms with E-state index in [-0.39, 0.29) is 0 Å². The molecular weight excluding hydrogens is 360 g/mol. The maximum atomic E-state index is 8.31. The Bertz CT molecular complexity index is 1030. The molecule has 0 radical (unpaired) electrons. The lowest BCUT2D eigenvalue weighted by Gasteiger charge is -2.34. The molecule has 0 bridgehead atoms. The first-order valence-electron chi connectivity index (χ1n) is 11.5. The summed E-state index contributed by atoms with van der Waals surface area (Å²) in [5.74, 6) is 0. The van der Waals surface area contributed by atoms with E-state index in [4.69, 9.17) is 1.37 Å². The van der Waals surface area contributed by atoms with Gasteiger partial charge in [-0.2, -0.15) is 0 Å². The largest absolute Gasteiger partial charge is 0.0713 e. The molecular formula is C30H32. The lowest BCUT2D eigenvalue weighted by molar-refractivity contribution is 0.767. The molecule has 152 valence electrons. The van der Waals surface area contributed by atoms with Gasteiger partial charge >= 0.3 is 0 Å². The minimum absolute atomic E-state index is 0.393. The maximum Gasteiger partial charge on any atom is 0.0713 e. The van der Waals surface area contributed by atoms with Crippen molar-refractivity contribution in [2.75, 3.05) is 0 Å². The summed E-state index contributed by atoms with van der Waals surface area (Å²) in [6.07, 6.45) is 0. The molecule has 0 spiro atoms. The van der Waals surface area contributed by atoms with Gasteiger partial charge in [0.2, 0.25) is 0 Å². The second-order valence-electron chi connectivity index (χ2n) is 7.00. The minimum Gasteiger partial charge on any atom is -0.0683 e. The summed E-state index contributed by atoms with van der Waals surface area (Å²) in [5.41, 5.74) is 8.35. The molecule has 0 saturated heterocycles. The first kappa shape index (κ1) is 20.2. The van der Waals surface area contributed by atoms with E-state index in [1.807, 2.05) is 39.8 Å². The fourth-order valence-electron chi connectivity index (χ4n) is 4.49. The van der Waals surface area contributed by atoms with E-state index in [1.54, 1.807) is 0 Å². The van der Waals surface area contributed by atoms with E-state index in [9.17, 15) is 0 Å². The summed E-state index contributed by atoms with van der Waals surface area (Å²) in [7, 11) is 0. The van der Waals surface area contributed by atoms with Crippen LogP contribution in [-0.4, -0.2) is 0 Å². The Balaban J connectivity index is 0.000000645. The van der Waals surface area contributed by atoms with Crippen LogP contribution in [-0.2, 0) is 5.41 Å². The molecule has 0 nitrogen and oxygen atoms in total. The normalized spacial score (nSPS) is 12.9. The van der Waals surface area contributed by atoms with Gasteiger partial charge in [0.05, 0.1) is 6.79 Å². The highest BCUT2D eigenvalue weighted by Crippen LogP contribution is 2.55. The van der Waals surface area contributed by atoms with Gasteiger partial charge in [0.15, 0.2) is 0 Å². The summed E-state index contributed by atoms with van der Waals surface area (Å²) in [6, 6.07) is 34.8. The highest BCUT2D eigenvalue weighted by atomic mass is 14.5. The van der Waals surface area contributed by atoms with Crippen molar-refractivity contribution in [2.24, 2.45) is 0 Å². The zero-order valence-corrected chi connectivity index (χ0v) is 18.7. The molecule has 0 heteroatoms. The number of hydrogen-bond acceptors (Lipinski definition) is 0. The zero-order valence-electron chi connectivity index (χ0n) is 19.7. The molecule has 0 amide bonds. The maximum absolute atomic E-state index is 8.31. The van der Waals surface area contributed by atoms with Crippen LogP contribution in [0.3, 0.4) is 0 Å². The van der Waals surface area contributed by atoms with Gasteiger partial charge in [-0.05, 0) is 40.3 Å². The third kappa shape index (κ3) is 3.37. The Kier molecular flexibility index (Phi) is 6.44. The predicted octanol–water partition coefficient (Wildman–Crippen LogP) is 8.41. The fraction of sp³-hybridized carbons (Fsp3) is 0.200. The first-order valence-corrected chi connectivity index (χ1v) is 11.0. The molecule has 0 atom stereocenters. The van der Waals surface area contributed by atoms with Gasteiger partial charge in [-0.1, -0.05) is 136 Å². The molecule has 0 heterocycles. The molecule has 0 unspecified atom stereocenters. The SMILES string of the molecule is CC.CC.[2H]c1ccc2c(c1)C(c1ccccc1)(c1ccccc1)c1cc(C)ccc1-2. The van der Waals surface area contributed by atoms with Gasteiger partial charge < -0.3 is 0 Å². The number of hydrogen-bond donors (Lipinski definition) is 0. The molecule has 0 fully saturated rings. The molecule has 4 aromatic rings. The highest BCUT2D eigenvalue weighted by Gasteiger charge is 2.45. The average Bonchev–Trinajstić information content (AvgIpc) is 3.12. The number of benzene rings is 4. The standard InChI is InChI=1S/C26H20.2C2H6/c1-19-16-17-23-22-14-8-9-15-24(22)26(25(23)18-19,20-10-4-2-5-11-20)21-12-6-3-7-13-21;2*1-2/h2-18H,1H3;2*1-2H3/i9D;;. The second kappa shape index (κ2) is 9.59. The van der Waals surface area contributed by atoms with Gasteiger partial charge in [-0.25, -0.2) is 0 Å². The van der Waals surface area contributed by atoms with Gasteiger partial charge in [0.1, 0.15) is 0 Å². The van der Waals surface area contributed by atoms with Gasteiger partial charge in [0.25, 0.3) is 0 Å². The Morgan fingerprint density at radius 2 is 1.10 bits per heavy atom. The van der Waals surface area contributed by atoms with Crippen molar-refractivity contribution in [1.29, 1.82) is 0 Å². The van der Waals surface area contributed by atoms with Crippen molar-refractivity contribution in [3.05, 3.63) is 131 Å². The second-order valence-corrected chi connectivity index (χ2v) is 7.00. The van der Waals surface area contributed by atoms with Crippen LogP contribution < -0.4 is 0 Å². The van der Waals surface area contributed by atoms with Crippen molar-refractivity contribution >= 4 is 0 Å².